The van der Waals surface area contributed by atoms with E-state index in [1.807, 2.05) is 90.8 Å². The van der Waals surface area contributed by atoms with Gasteiger partial charge in [-0.25, -0.2) is 0 Å². The van der Waals surface area contributed by atoms with Gasteiger partial charge in [0.25, 0.3) is 6.01 Å². The third-order valence-corrected chi connectivity index (χ3v) is 6.25. The number of benzene rings is 3. The average Bonchev–Trinajstić information content (AvgIpc) is 3.41. The second-order valence-electron chi connectivity index (χ2n) is 9.09. The van der Waals surface area contributed by atoms with Crippen molar-refractivity contribution in [3.05, 3.63) is 90.0 Å². The number of ether oxygens (including phenoxy) is 3. The summed E-state index contributed by atoms with van der Waals surface area (Å²) in [5.41, 5.74) is 3.32. The zero-order chi connectivity index (χ0) is 27.5. The molecule has 2 atom stereocenters. The van der Waals surface area contributed by atoms with Gasteiger partial charge in [-0.15, -0.1) is 0 Å². The minimum Gasteiger partial charge on any atom is -0.492 e. The molecule has 9 nitrogen and oxygen atoms in total. The molecule has 4 rings (SSSR count). The first-order chi connectivity index (χ1) is 19.1. The van der Waals surface area contributed by atoms with Gasteiger partial charge in [-0.1, -0.05) is 54.6 Å². The molecule has 0 saturated carbocycles. The van der Waals surface area contributed by atoms with Crippen LogP contribution in [0.1, 0.15) is 17.2 Å². The third-order valence-electron chi connectivity index (χ3n) is 6.25. The lowest BCUT2D eigenvalue weighted by Gasteiger charge is -2.22. The first kappa shape index (κ1) is 28.1. The summed E-state index contributed by atoms with van der Waals surface area (Å²) >= 11 is 0. The SMILES string of the molecule is COCCOC(Cc1ccc(OCCN(C)c2nc3ccccc3o2)cc1)C(=O)NC(CO)c1ccccc1. The van der Waals surface area contributed by atoms with E-state index in [1.165, 1.54) is 0 Å². The van der Waals surface area contributed by atoms with E-state index in [1.54, 1.807) is 7.11 Å². The first-order valence-electron chi connectivity index (χ1n) is 12.9. The topological polar surface area (TPSA) is 106 Å². The number of para-hydroxylation sites is 2. The molecule has 0 aliphatic rings. The van der Waals surface area contributed by atoms with Crippen molar-refractivity contribution >= 4 is 23.0 Å². The number of carbonyl (C=O) groups excluding carboxylic acids is 1. The number of hydrogen-bond acceptors (Lipinski definition) is 8. The molecule has 0 spiro atoms. The van der Waals surface area contributed by atoms with E-state index in [0.29, 0.717) is 32.2 Å². The lowest BCUT2D eigenvalue weighted by Crippen LogP contribution is -2.41. The molecule has 0 radical (unpaired) electrons. The van der Waals surface area contributed by atoms with Crippen molar-refractivity contribution in [2.75, 3.05) is 52.0 Å². The number of rotatable bonds is 15. The van der Waals surface area contributed by atoms with E-state index in [0.717, 1.165) is 28.0 Å². The van der Waals surface area contributed by atoms with Crippen molar-refractivity contribution in [1.82, 2.24) is 10.3 Å². The molecule has 1 amide bonds. The van der Waals surface area contributed by atoms with Crippen LogP contribution in [0.4, 0.5) is 6.01 Å². The summed E-state index contributed by atoms with van der Waals surface area (Å²) in [6.45, 7) is 1.47. The molecule has 2 N–H and O–H groups in total. The molecule has 2 unspecified atom stereocenters. The molecule has 39 heavy (non-hydrogen) atoms. The van der Waals surface area contributed by atoms with Gasteiger partial charge in [-0.05, 0) is 35.4 Å². The summed E-state index contributed by atoms with van der Waals surface area (Å²) in [5, 5.41) is 12.8. The highest BCUT2D eigenvalue weighted by atomic mass is 16.5. The molecular weight excluding hydrogens is 498 g/mol. The number of aliphatic hydroxyl groups is 1. The summed E-state index contributed by atoms with van der Waals surface area (Å²) in [6.07, 6.45) is -0.377. The Kier molecular flexibility index (Phi) is 10.3. The number of methoxy groups -OCH3 is 1. The second kappa shape index (κ2) is 14.3. The fourth-order valence-corrected chi connectivity index (χ4v) is 4.04. The van der Waals surface area contributed by atoms with Gasteiger partial charge in [0.2, 0.25) is 5.91 Å². The monoisotopic (exact) mass is 533 g/mol. The van der Waals surface area contributed by atoms with Crippen molar-refractivity contribution in [2.45, 2.75) is 18.6 Å². The molecule has 0 bridgehead atoms. The molecule has 206 valence electrons. The maximum Gasteiger partial charge on any atom is 0.298 e. The quantitative estimate of drug-likeness (QED) is 0.223. The standard InChI is InChI=1S/C30H35N3O6/c1-33(30-32-25-10-6-7-11-27(25)39-30)16-17-37-24-14-12-22(13-15-24)20-28(38-19-18-36-2)29(35)31-26(21-34)23-8-4-3-5-9-23/h3-15,26,28,34H,16-21H2,1-2H3,(H,31,35). The van der Waals surface area contributed by atoms with Crippen molar-refractivity contribution in [1.29, 1.82) is 0 Å². The van der Waals surface area contributed by atoms with Gasteiger partial charge < -0.3 is 34.0 Å². The molecule has 1 heterocycles. The van der Waals surface area contributed by atoms with Crippen LogP contribution in [0.5, 0.6) is 5.75 Å². The van der Waals surface area contributed by atoms with Crippen molar-refractivity contribution in [2.24, 2.45) is 0 Å². The number of fused-ring (bicyclic) bond motifs is 1. The first-order valence-corrected chi connectivity index (χ1v) is 12.9. The van der Waals surface area contributed by atoms with E-state index in [2.05, 4.69) is 10.3 Å². The van der Waals surface area contributed by atoms with E-state index in [-0.39, 0.29) is 19.1 Å². The third kappa shape index (κ3) is 8.03. The number of hydrogen-bond donors (Lipinski definition) is 2. The molecule has 3 aromatic carbocycles. The Bertz CT molecular complexity index is 1260. The summed E-state index contributed by atoms with van der Waals surface area (Å²) in [6, 6.07) is 24.6. The predicted molar refractivity (Wildman–Crippen MR) is 149 cm³/mol. The minimum atomic E-state index is -0.741. The zero-order valence-corrected chi connectivity index (χ0v) is 22.3. The maximum absolute atomic E-state index is 13.1. The predicted octanol–water partition coefficient (Wildman–Crippen LogP) is 3.77. The Labute approximate surface area is 228 Å². The largest absolute Gasteiger partial charge is 0.492 e. The summed E-state index contributed by atoms with van der Waals surface area (Å²) in [7, 11) is 3.49. The van der Waals surface area contributed by atoms with Crippen molar-refractivity contribution < 1.29 is 28.5 Å². The Balaban J connectivity index is 1.31. The molecular formula is C30H35N3O6. The van der Waals surface area contributed by atoms with E-state index in [4.69, 9.17) is 18.6 Å². The highest BCUT2D eigenvalue weighted by Crippen LogP contribution is 2.21. The fourth-order valence-electron chi connectivity index (χ4n) is 4.04. The van der Waals surface area contributed by atoms with Gasteiger partial charge in [-0.2, -0.15) is 4.98 Å². The Morgan fingerprint density at radius 2 is 1.74 bits per heavy atom. The Hall–Kier alpha value is -3.92. The lowest BCUT2D eigenvalue weighted by atomic mass is 10.0. The number of carbonyl (C=O) groups is 1. The van der Waals surface area contributed by atoms with Crippen molar-refractivity contribution in [3.63, 3.8) is 0 Å². The molecule has 9 heteroatoms. The van der Waals surface area contributed by atoms with E-state index in [9.17, 15) is 9.90 Å². The normalized spacial score (nSPS) is 12.7. The molecule has 0 fully saturated rings. The average molecular weight is 534 g/mol. The number of oxazole rings is 1. The Morgan fingerprint density at radius 3 is 2.46 bits per heavy atom. The number of amides is 1. The van der Waals surface area contributed by atoms with Crippen LogP contribution >= 0.6 is 0 Å². The molecule has 4 aromatic rings. The number of likely N-dealkylation sites (N-methyl/N-ethyl adjacent to an activating group) is 1. The van der Waals surface area contributed by atoms with Crippen LogP contribution in [0.3, 0.4) is 0 Å². The minimum absolute atomic E-state index is 0.214. The molecule has 0 saturated heterocycles. The maximum atomic E-state index is 13.1. The van der Waals surface area contributed by atoms with E-state index < -0.39 is 12.1 Å². The number of nitrogens with zero attached hydrogens (tertiary/aromatic N) is 2. The van der Waals surface area contributed by atoms with E-state index >= 15 is 0 Å². The zero-order valence-electron chi connectivity index (χ0n) is 22.3. The molecule has 0 aliphatic heterocycles. The summed E-state index contributed by atoms with van der Waals surface area (Å²) in [5.74, 6) is 0.423. The number of aliphatic hydroxyl groups excluding tert-OH is 1. The highest BCUT2D eigenvalue weighted by Gasteiger charge is 2.23. The van der Waals surface area contributed by atoms with Gasteiger partial charge >= 0.3 is 0 Å². The number of aromatic nitrogens is 1. The Morgan fingerprint density at radius 1 is 1.00 bits per heavy atom. The molecule has 1 aromatic heterocycles. The van der Waals surface area contributed by atoms with Crippen LogP contribution in [-0.4, -0.2) is 69.2 Å². The van der Waals surface area contributed by atoms with Crippen LogP contribution in [0, 0.1) is 0 Å². The highest BCUT2D eigenvalue weighted by molar-refractivity contribution is 5.81. The van der Waals surface area contributed by atoms with Crippen LogP contribution < -0.4 is 15.0 Å². The van der Waals surface area contributed by atoms with Crippen LogP contribution in [0.15, 0.2) is 83.3 Å². The van der Waals surface area contributed by atoms with Crippen LogP contribution in [0.2, 0.25) is 0 Å². The van der Waals surface area contributed by atoms with Gasteiger partial charge in [0.1, 0.15) is 24.0 Å². The molecule has 0 aliphatic carbocycles. The van der Waals surface area contributed by atoms with Gasteiger partial charge in [0, 0.05) is 20.6 Å². The summed E-state index contributed by atoms with van der Waals surface area (Å²) < 4.78 is 22.6. The number of anilines is 1. The lowest BCUT2D eigenvalue weighted by molar-refractivity contribution is -0.134. The summed E-state index contributed by atoms with van der Waals surface area (Å²) in [4.78, 5) is 19.5. The van der Waals surface area contributed by atoms with Crippen LogP contribution in [0.25, 0.3) is 11.1 Å². The smallest absolute Gasteiger partial charge is 0.298 e. The number of nitrogens with one attached hydrogen (secondary N) is 1. The van der Waals surface area contributed by atoms with Gasteiger partial charge in [0.15, 0.2) is 5.58 Å². The van der Waals surface area contributed by atoms with Gasteiger partial charge in [-0.3, -0.25) is 4.79 Å². The van der Waals surface area contributed by atoms with Crippen molar-refractivity contribution in [3.8, 4) is 5.75 Å². The second-order valence-corrected chi connectivity index (χ2v) is 9.09. The van der Waals surface area contributed by atoms with Gasteiger partial charge in [0.05, 0.1) is 32.4 Å². The van der Waals surface area contributed by atoms with Crippen LogP contribution in [-0.2, 0) is 20.7 Å². The fraction of sp³-hybridized carbons (Fsp3) is 0.333.